The number of nitrogens with zero attached hydrogens (tertiary/aromatic N) is 1. The average molecular weight is 352 g/mol. The molecule has 0 unspecified atom stereocenters. The molecule has 0 aliphatic heterocycles. The van der Waals surface area contributed by atoms with Crippen molar-refractivity contribution in [3.05, 3.63) is 33.5 Å². The summed E-state index contributed by atoms with van der Waals surface area (Å²) in [6.07, 6.45) is 0.341. The highest BCUT2D eigenvalue weighted by Crippen LogP contribution is 2.17. The molecule has 0 radical (unpaired) electrons. The predicted octanol–water partition coefficient (Wildman–Crippen LogP) is 2.91. The maximum absolute atomic E-state index is 11.8. The molecule has 6 nitrogen and oxygen atoms in total. The molecule has 2 aromatic rings. The van der Waals surface area contributed by atoms with Crippen LogP contribution in [0.5, 0.6) is 0 Å². The van der Waals surface area contributed by atoms with Crippen molar-refractivity contribution in [3.63, 3.8) is 0 Å². The van der Waals surface area contributed by atoms with Gasteiger partial charge in [0.05, 0.1) is 23.6 Å². The molecule has 2 aromatic heterocycles. The standard InChI is InChI=1S/C15H16N2O4S2/c1-2-21-14(20)8-10-9-23-15(16-10)17-13(19)6-5-11(18)12-4-3-7-22-12/h3-4,7,9H,2,5-6,8H2,1H3,(H,16,17,19). The van der Waals surface area contributed by atoms with E-state index < -0.39 is 0 Å². The Morgan fingerprint density at radius 1 is 1.26 bits per heavy atom. The lowest BCUT2D eigenvalue weighted by atomic mass is 10.2. The number of hydrogen-bond donors (Lipinski definition) is 1. The average Bonchev–Trinajstić information content (AvgIpc) is 3.17. The summed E-state index contributed by atoms with van der Waals surface area (Å²) in [7, 11) is 0. The summed E-state index contributed by atoms with van der Waals surface area (Å²) in [5.74, 6) is -0.665. The number of carbonyl (C=O) groups excluding carboxylic acids is 3. The molecular weight excluding hydrogens is 336 g/mol. The number of Topliss-reactive ketones (excluding diaryl/α,β-unsaturated/α-hetero) is 1. The molecule has 1 amide bonds. The Labute approximate surface area is 141 Å². The van der Waals surface area contributed by atoms with E-state index in [0.717, 1.165) is 0 Å². The number of thiazole rings is 1. The van der Waals surface area contributed by atoms with Crippen molar-refractivity contribution in [2.45, 2.75) is 26.2 Å². The van der Waals surface area contributed by atoms with Crippen LogP contribution in [0.3, 0.4) is 0 Å². The topological polar surface area (TPSA) is 85.4 Å². The fourth-order valence-corrected chi connectivity index (χ4v) is 3.20. The lowest BCUT2D eigenvalue weighted by Crippen LogP contribution is -2.13. The van der Waals surface area contributed by atoms with Gasteiger partial charge in [0.15, 0.2) is 10.9 Å². The van der Waals surface area contributed by atoms with Gasteiger partial charge in [-0.1, -0.05) is 6.07 Å². The maximum Gasteiger partial charge on any atom is 0.311 e. The van der Waals surface area contributed by atoms with Gasteiger partial charge in [-0.05, 0) is 18.4 Å². The molecule has 2 rings (SSSR count). The second kappa shape index (κ2) is 8.54. The SMILES string of the molecule is CCOC(=O)Cc1csc(NC(=O)CCC(=O)c2cccs2)n1. The van der Waals surface area contributed by atoms with E-state index in [4.69, 9.17) is 4.74 Å². The summed E-state index contributed by atoms with van der Waals surface area (Å²) >= 11 is 2.60. The maximum atomic E-state index is 11.8. The van der Waals surface area contributed by atoms with Crippen LogP contribution in [0.25, 0.3) is 0 Å². The van der Waals surface area contributed by atoms with Crippen molar-refractivity contribution in [1.29, 1.82) is 0 Å². The summed E-state index contributed by atoms with van der Waals surface area (Å²) in [5, 5.41) is 6.58. The van der Waals surface area contributed by atoms with Gasteiger partial charge in [-0.25, -0.2) is 4.98 Å². The number of ether oxygens (including phenoxy) is 1. The fraction of sp³-hybridized carbons (Fsp3) is 0.333. The third-order valence-corrected chi connectivity index (χ3v) is 4.52. The number of amides is 1. The van der Waals surface area contributed by atoms with Crippen LogP contribution in [0.2, 0.25) is 0 Å². The van der Waals surface area contributed by atoms with Crippen LogP contribution in [-0.2, 0) is 20.7 Å². The van der Waals surface area contributed by atoms with E-state index >= 15 is 0 Å². The number of carbonyl (C=O) groups is 3. The Kier molecular flexibility index (Phi) is 6.42. The smallest absolute Gasteiger partial charge is 0.311 e. The van der Waals surface area contributed by atoms with Gasteiger partial charge in [0.25, 0.3) is 0 Å². The lowest BCUT2D eigenvalue weighted by molar-refractivity contribution is -0.142. The molecule has 0 atom stereocenters. The van der Waals surface area contributed by atoms with E-state index in [1.807, 2.05) is 5.38 Å². The third-order valence-electron chi connectivity index (χ3n) is 2.80. The molecular formula is C15H16N2O4S2. The number of anilines is 1. The number of thiophene rings is 1. The van der Waals surface area contributed by atoms with Crippen LogP contribution >= 0.6 is 22.7 Å². The molecule has 0 fully saturated rings. The molecule has 0 bridgehead atoms. The summed E-state index contributed by atoms with van der Waals surface area (Å²) in [6.45, 7) is 2.06. The minimum atomic E-state index is -0.350. The quantitative estimate of drug-likeness (QED) is 0.583. The number of hydrogen-bond acceptors (Lipinski definition) is 7. The van der Waals surface area contributed by atoms with E-state index in [1.165, 1.54) is 22.7 Å². The summed E-state index contributed by atoms with van der Waals surface area (Å²) < 4.78 is 4.84. The first-order valence-electron chi connectivity index (χ1n) is 7.05. The van der Waals surface area contributed by atoms with Crippen LogP contribution in [0.1, 0.15) is 35.1 Å². The zero-order chi connectivity index (χ0) is 16.7. The molecule has 0 saturated carbocycles. The Morgan fingerprint density at radius 3 is 2.78 bits per heavy atom. The van der Waals surface area contributed by atoms with Gasteiger partial charge in [-0.2, -0.15) is 0 Å². The number of aromatic nitrogens is 1. The van der Waals surface area contributed by atoms with Crippen molar-refractivity contribution in [2.75, 3.05) is 11.9 Å². The zero-order valence-corrected chi connectivity index (χ0v) is 14.2. The second-order valence-electron chi connectivity index (χ2n) is 4.57. The van der Waals surface area contributed by atoms with Gasteiger partial charge in [0.1, 0.15) is 0 Å². The van der Waals surface area contributed by atoms with Gasteiger partial charge in [0.2, 0.25) is 5.91 Å². The molecule has 0 saturated heterocycles. The molecule has 8 heteroatoms. The Hall–Kier alpha value is -2.06. The fourth-order valence-electron chi connectivity index (χ4n) is 1.77. The monoisotopic (exact) mass is 352 g/mol. The van der Waals surface area contributed by atoms with Crippen LogP contribution in [0, 0.1) is 0 Å². The highest BCUT2D eigenvalue weighted by Gasteiger charge is 2.13. The Balaban J connectivity index is 1.78. The van der Waals surface area contributed by atoms with Gasteiger partial charge in [-0.15, -0.1) is 22.7 Å². The zero-order valence-electron chi connectivity index (χ0n) is 12.5. The number of esters is 1. The van der Waals surface area contributed by atoms with Crippen LogP contribution < -0.4 is 5.32 Å². The molecule has 122 valence electrons. The first-order chi connectivity index (χ1) is 11.1. The normalized spacial score (nSPS) is 10.3. The number of nitrogens with one attached hydrogen (secondary N) is 1. The highest BCUT2D eigenvalue weighted by molar-refractivity contribution is 7.14. The minimum Gasteiger partial charge on any atom is -0.466 e. The summed E-state index contributed by atoms with van der Waals surface area (Å²) in [4.78, 5) is 39.8. The summed E-state index contributed by atoms with van der Waals surface area (Å²) in [6, 6.07) is 3.55. The van der Waals surface area contributed by atoms with Gasteiger partial charge in [-0.3, -0.25) is 14.4 Å². The van der Waals surface area contributed by atoms with Gasteiger partial charge >= 0.3 is 5.97 Å². The van der Waals surface area contributed by atoms with Crippen molar-refractivity contribution in [3.8, 4) is 0 Å². The van der Waals surface area contributed by atoms with E-state index in [2.05, 4.69) is 10.3 Å². The van der Waals surface area contributed by atoms with Crippen molar-refractivity contribution in [1.82, 2.24) is 4.98 Å². The largest absolute Gasteiger partial charge is 0.466 e. The van der Waals surface area contributed by atoms with E-state index in [0.29, 0.717) is 22.3 Å². The molecule has 1 N–H and O–H groups in total. The third kappa shape index (κ3) is 5.57. The Bertz CT molecular complexity index is 679. The minimum absolute atomic E-state index is 0.0442. The lowest BCUT2D eigenvalue weighted by Gasteiger charge is -2.01. The van der Waals surface area contributed by atoms with E-state index in [-0.39, 0.29) is 36.9 Å². The van der Waals surface area contributed by atoms with E-state index in [9.17, 15) is 14.4 Å². The van der Waals surface area contributed by atoms with E-state index in [1.54, 1.807) is 24.4 Å². The van der Waals surface area contributed by atoms with Crippen molar-refractivity contribution >= 4 is 45.5 Å². The van der Waals surface area contributed by atoms with Crippen LogP contribution in [0.15, 0.2) is 22.9 Å². The van der Waals surface area contributed by atoms with Crippen LogP contribution in [-0.4, -0.2) is 29.3 Å². The summed E-state index contributed by atoms with van der Waals surface area (Å²) in [5.41, 5.74) is 0.554. The molecule has 0 aliphatic rings. The second-order valence-corrected chi connectivity index (χ2v) is 6.38. The Morgan fingerprint density at radius 2 is 2.09 bits per heavy atom. The number of ketones is 1. The van der Waals surface area contributed by atoms with Crippen molar-refractivity contribution in [2.24, 2.45) is 0 Å². The van der Waals surface area contributed by atoms with Crippen LogP contribution in [0.4, 0.5) is 5.13 Å². The highest BCUT2D eigenvalue weighted by atomic mass is 32.1. The first kappa shape index (κ1) is 17.3. The molecule has 0 aromatic carbocycles. The number of rotatable bonds is 8. The van der Waals surface area contributed by atoms with Gasteiger partial charge < -0.3 is 10.1 Å². The molecule has 2 heterocycles. The predicted molar refractivity (Wildman–Crippen MR) is 89.0 cm³/mol. The molecule has 0 aliphatic carbocycles. The molecule has 0 spiro atoms. The van der Waals surface area contributed by atoms with Crippen molar-refractivity contribution < 1.29 is 19.1 Å². The molecule has 23 heavy (non-hydrogen) atoms. The first-order valence-corrected chi connectivity index (χ1v) is 8.81. The van der Waals surface area contributed by atoms with Gasteiger partial charge in [0, 0.05) is 18.2 Å².